The molecule has 0 aliphatic carbocycles. The van der Waals surface area contributed by atoms with Crippen LogP contribution in [-0.4, -0.2) is 15.0 Å². The summed E-state index contributed by atoms with van der Waals surface area (Å²) in [6, 6.07) is 24.6. The molecule has 0 saturated heterocycles. The highest BCUT2D eigenvalue weighted by molar-refractivity contribution is 5.65. The van der Waals surface area contributed by atoms with E-state index in [1.807, 2.05) is 36.4 Å². The second kappa shape index (κ2) is 7.61. The number of rotatable bonds is 4. The van der Waals surface area contributed by atoms with Crippen LogP contribution >= 0.6 is 0 Å². The topological polar surface area (TPSA) is 50.7 Å². The van der Waals surface area contributed by atoms with Crippen LogP contribution in [0.3, 0.4) is 0 Å². The molecule has 0 atom stereocenters. The Balaban J connectivity index is 1.83. The standard InChI is InChI=1S/C24H22N4/c1-16-7-4-10-19(13-16)22-26-23(20-11-5-8-17(2)14-20)28-24(27-22)25-21-12-6-9-18(3)15-21/h4-15H,1-3H3,(H,25,26,27,28). The zero-order valence-corrected chi connectivity index (χ0v) is 16.3. The fourth-order valence-electron chi connectivity index (χ4n) is 3.11. The molecule has 1 N–H and O–H groups in total. The lowest BCUT2D eigenvalue weighted by atomic mass is 10.1. The summed E-state index contributed by atoms with van der Waals surface area (Å²) in [4.78, 5) is 14.1. The van der Waals surface area contributed by atoms with Gasteiger partial charge in [-0.05, 0) is 50.6 Å². The van der Waals surface area contributed by atoms with Crippen LogP contribution in [0.4, 0.5) is 11.6 Å². The molecular formula is C24H22N4. The van der Waals surface area contributed by atoms with Gasteiger partial charge in [0.25, 0.3) is 0 Å². The third-order valence-corrected chi connectivity index (χ3v) is 4.46. The third kappa shape index (κ3) is 4.07. The summed E-state index contributed by atoms with van der Waals surface area (Å²) in [6.45, 7) is 6.20. The van der Waals surface area contributed by atoms with E-state index < -0.39 is 0 Å². The molecule has 0 unspecified atom stereocenters. The first-order chi connectivity index (χ1) is 13.6. The zero-order valence-electron chi connectivity index (χ0n) is 16.3. The smallest absolute Gasteiger partial charge is 0.231 e. The van der Waals surface area contributed by atoms with E-state index in [1.165, 1.54) is 16.7 Å². The number of nitrogens with zero attached hydrogens (tertiary/aromatic N) is 3. The molecule has 0 radical (unpaired) electrons. The largest absolute Gasteiger partial charge is 0.324 e. The zero-order chi connectivity index (χ0) is 19.5. The SMILES string of the molecule is Cc1cccc(Nc2nc(-c3cccc(C)c3)nc(-c3cccc(C)c3)n2)c1. The van der Waals surface area contributed by atoms with Crippen LogP contribution < -0.4 is 5.32 Å². The van der Waals surface area contributed by atoms with Gasteiger partial charge in [-0.2, -0.15) is 9.97 Å². The van der Waals surface area contributed by atoms with E-state index in [1.54, 1.807) is 0 Å². The van der Waals surface area contributed by atoms with Gasteiger partial charge in [0.05, 0.1) is 0 Å². The van der Waals surface area contributed by atoms with Crippen LogP contribution in [0.15, 0.2) is 72.8 Å². The molecule has 3 aromatic carbocycles. The minimum atomic E-state index is 0.536. The minimum Gasteiger partial charge on any atom is -0.324 e. The quantitative estimate of drug-likeness (QED) is 0.490. The van der Waals surface area contributed by atoms with Crippen LogP contribution in [0, 0.1) is 20.8 Å². The number of aryl methyl sites for hydroxylation is 3. The summed E-state index contributed by atoms with van der Waals surface area (Å²) in [5.74, 6) is 1.85. The van der Waals surface area contributed by atoms with Crippen molar-refractivity contribution < 1.29 is 0 Å². The molecule has 1 aromatic heterocycles. The molecule has 4 rings (SSSR count). The summed E-state index contributed by atoms with van der Waals surface area (Å²) < 4.78 is 0. The molecule has 138 valence electrons. The maximum atomic E-state index is 4.75. The van der Waals surface area contributed by atoms with Crippen LogP contribution in [0.5, 0.6) is 0 Å². The Labute approximate surface area is 165 Å². The van der Waals surface area contributed by atoms with Gasteiger partial charge in [-0.1, -0.05) is 59.7 Å². The first-order valence-corrected chi connectivity index (χ1v) is 9.31. The van der Waals surface area contributed by atoms with Crippen molar-refractivity contribution in [2.24, 2.45) is 0 Å². The summed E-state index contributed by atoms with van der Waals surface area (Å²) in [5, 5.41) is 3.33. The highest BCUT2D eigenvalue weighted by Gasteiger charge is 2.11. The number of nitrogens with one attached hydrogen (secondary N) is 1. The number of benzene rings is 3. The molecule has 4 aromatic rings. The summed E-state index contributed by atoms with van der Waals surface area (Å²) in [5.41, 5.74) is 6.42. The van der Waals surface area contributed by atoms with E-state index in [4.69, 9.17) is 4.98 Å². The molecule has 0 aliphatic heterocycles. The number of hydrogen-bond donors (Lipinski definition) is 1. The van der Waals surface area contributed by atoms with Gasteiger partial charge in [-0.15, -0.1) is 0 Å². The van der Waals surface area contributed by atoms with Gasteiger partial charge >= 0.3 is 0 Å². The van der Waals surface area contributed by atoms with Crippen molar-refractivity contribution in [3.63, 3.8) is 0 Å². The molecule has 4 nitrogen and oxygen atoms in total. The van der Waals surface area contributed by atoms with Gasteiger partial charge < -0.3 is 5.32 Å². The van der Waals surface area contributed by atoms with E-state index in [9.17, 15) is 0 Å². The maximum absolute atomic E-state index is 4.75. The fourth-order valence-corrected chi connectivity index (χ4v) is 3.11. The van der Waals surface area contributed by atoms with Crippen molar-refractivity contribution in [3.8, 4) is 22.8 Å². The predicted octanol–water partition coefficient (Wildman–Crippen LogP) is 5.87. The Kier molecular flexibility index (Phi) is 4.85. The van der Waals surface area contributed by atoms with Gasteiger partial charge in [0, 0.05) is 16.8 Å². The Morgan fingerprint density at radius 1 is 0.571 bits per heavy atom. The van der Waals surface area contributed by atoms with Crippen LogP contribution in [0.2, 0.25) is 0 Å². The van der Waals surface area contributed by atoms with Crippen LogP contribution in [0.25, 0.3) is 22.8 Å². The molecule has 0 aliphatic rings. The Bertz CT molecular complexity index is 1070. The maximum Gasteiger partial charge on any atom is 0.231 e. The molecular weight excluding hydrogens is 344 g/mol. The van der Waals surface area contributed by atoms with Crippen molar-refractivity contribution in [3.05, 3.63) is 89.5 Å². The molecule has 0 fully saturated rings. The average Bonchev–Trinajstić information content (AvgIpc) is 2.68. The van der Waals surface area contributed by atoms with E-state index in [0.717, 1.165) is 16.8 Å². The second-order valence-electron chi connectivity index (χ2n) is 7.04. The van der Waals surface area contributed by atoms with Crippen LogP contribution in [-0.2, 0) is 0 Å². The van der Waals surface area contributed by atoms with Crippen LogP contribution in [0.1, 0.15) is 16.7 Å². The van der Waals surface area contributed by atoms with E-state index >= 15 is 0 Å². The number of aromatic nitrogens is 3. The summed E-state index contributed by atoms with van der Waals surface area (Å²) in [7, 11) is 0. The molecule has 28 heavy (non-hydrogen) atoms. The second-order valence-corrected chi connectivity index (χ2v) is 7.04. The van der Waals surface area contributed by atoms with E-state index in [0.29, 0.717) is 17.6 Å². The Morgan fingerprint density at radius 3 is 1.57 bits per heavy atom. The molecule has 0 bridgehead atoms. The summed E-state index contributed by atoms with van der Waals surface area (Å²) >= 11 is 0. The van der Waals surface area contributed by atoms with Gasteiger partial charge in [0.2, 0.25) is 5.95 Å². The molecule has 4 heteroatoms. The molecule has 1 heterocycles. The lowest BCUT2D eigenvalue weighted by molar-refractivity contribution is 1.07. The van der Waals surface area contributed by atoms with Crippen molar-refractivity contribution in [2.75, 3.05) is 5.32 Å². The van der Waals surface area contributed by atoms with Crippen molar-refractivity contribution >= 4 is 11.6 Å². The number of hydrogen-bond acceptors (Lipinski definition) is 4. The van der Waals surface area contributed by atoms with Crippen molar-refractivity contribution in [2.45, 2.75) is 20.8 Å². The first-order valence-electron chi connectivity index (χ1n) is 9.31. The van der Waals surface area contributed by atoms with E-state index in [2.05, 4.69) is 72.5 Å². The van der Waals surface area contributed by atoms with Gasteiger partial charge in [0.15, 0.2) is 11.6 Å². The molecule has 0 spiro atoms. The minimum absolute atomic E-state index is 0.536. The highest BCUT2D eigenvalue weighted by Crippen LogP contribution is 2.24. The normalized spacial score (nSPS) is 10.7. The van der Waals surface area contributed by atoms with E-state index in [-0.39, 0.29) is 0 Å². The summed E-state index contributed by atoms with van der Waals surface area (Å²) in [6.07, 6.45) is 0. The van der Waals surface area contributed by atoms with Crippen molar-refractivity contribution in [1.29, 1.82) is 0 Å². The lowest BCUT2D eigenvalue weighted by Crippen LogP contribution is -2.03. The van der Waals surface area contributed by atoms with Gasteiger partial charge in [-0.25, -0.2) is 4.98 Å². The molecule has 0 saturated carbocycles. The van der Waals surface area contributed by atoms with Gasteiger partial charge in [0.1, 0.15) is 0 Å². The monoisotopic (exact) mass is 366 g/mol. The predicted molar refractivity (Wildman–Crippen MR) is 115 cm³/mol. The van der Waals surface area contributed by atoms with Crippen molar-refractivity contribution in [1.82, 2.24) is 15.0 Å². The highest BCUT2D eigenvalue weighted by atomic mass is 15.2. The molecule has 0 amide bonds. The van der Waals surface area contributed by atoms with Gasteiger partial charge in [-0.3, -0.25) is 0 Å². The number of anilines is 2. The fraction of sp³-hybridized carbons (Fsp3) is 0.125. The average molecular weight is 366 g/mol. The third-order valence-electron chi connectivity index (χ3n) is 4.46. The Hall–Kier alpha value is -3.53. The lowest BCUT2D eigenvalue weighted by Gasteiger charge is -2.10. The first kappa shape index (κ1) is 17.9. The Morgan fingerprint density at radius 2 is 1.07 bits per heavy atom.